The molecule has 0 aromatic heterocycles. The topological polar surface area (TPSA) is 24.5 Å². The fraction of sp³-hybridized carbons (Fsp3) is 0.500. The molecule has 0 bridgehead atoms. The first-order valence-electron chi connectivity index (χ1n) is 10.7. The monoisotopic (exact) mass is 364 g/mol. The van der Waals surface area contributed by atoms with Gasteiger partial charge in [-0.2, -0.15) is 0 Å². The number of rotatable bonds is 8. The van der Waals surface area contributed by atoms with Crippen LogP contribution in [0.1, 0.15) is 51.4 Å². The molecular weight excluding hydrogens is 332 g/mol. The Morgan fingerprint density at radius 2 is 1.30 bits per heavy atom. The standard InChI is InChI=1S/C24H32N2O/c1-2-8-20(9-3-1)25-21-14-16-24(17-15-21)27-19-18-26(22-10-4-5-11-22)23-12-6-7-13-23/h1-3,8-9,14-17,22-23,25H,4-7,10-13,18-19H2. The average molecular weight is 365 g/mol. The Balaban J connectivity index is 1.28. The highest BCUT2D eigenvalue weighted by Gasteiger charge is 2.30. The second-order valence-corrected chi connectivity index (χ2v) is 7.98. The SMILES string of the molecule is c1ccc(Nc2ccc(OCCN(C3CCCC3)C3CCCC3)cc2)cc1. The smallest absolute Gasteiger partial charge is 0.119 e. The van der Waals surface area contributed by atoms with Gasteiger partial charge >= 0.3 is 0 Å². The van der Waals surface area contributed by atoms with Gasteiger partial charge in [-0.3, -0.25) is 4.90 Å². The molecule has 2 aromatic carbocycles. The first-order valence-corrected chi connectivity index (χ1v) is 10.7. The maximum Gasteiger partial charge on any atom is 0.119 e. The summed E-state index contributed by atoms with van der Waals surface area (Å²) in [5.41, 5.74) is 2.20. The van der Waals surface area contributed by atoms with Crippen molar-refractivity contribution in [2.45, 2.75) is 63.5 Å². The second-order valence-electron chi connectivity index (χ2n) is 7.98. The zero-order chi connectivity index (χ0) is 18.3. The summed E-state index contributed by atoms with van der Waals surface area (Å²) < 4.78 is 6.09. The maximum atomic E-state index is 6.09. The molecule has 0 spiro atoms. The van der Waals surface area contributed by atoms with Gasteiger partial charge in [-0.1, -0.05) is 43.9 Å². The Kier molecular flexibility index (Phi) is 6.31. The molecule has 0 atom stereocenters. The summed E-state index contributed by atoms with van der Waals surface area (Å²) in [5, 5.41) is 3.42. The van der Waals surface area contributed by atoms with Crippen molar-refractivity contribution in [3.63, 3.8) is 0 Å². The van der Waals surface area contributed by atoms with E-state index in [9.17, 15) is 0 Å². The number of anilines is 2. The first kappa shape index (κ1) is 18.4. The molecule has 0 radical (unpaired) electrons. The summed E-state index contributed by atoms with van der Waals surface area (Å²) in [5.74, 6) is 0.964. The van der Waals surface area contributed by atoms with Crippen molar-refractivity contribution in [1.29, 1.82) is 0 Å². The molecular formula is C24H32N2O. The van der Waals surface area contributed by atoms with Crippen LogP contribution < -0.4 is 10.1 Å². The lowest BCUT2D eigenvalue weighted by molar-refractivity contribution is 0.112. The number of hydrogen-bond donors (Lipinski definition) is 1. The molecule has 3 nitrogen and oxygen atoms in total. The highest BCUT2D eigenvalue weighted by Crippen LogP contribution is 2.31. The minimum absolute atomic E-state index is 0.790. The van der Waals surface area contributed by atoms with Crippen molar-refractivity contribution in [2.24, 2.45) is 0 Å². The molecule has 2 fully saturated rings. The predicted octanol–water partition coefficient (Wildman–Crippen LogP) is 6.00. The van der Waals surface area contributed by atoms with Gasteiger partial charge < -0.3 is 10.1 Å². The lowest BCUT2D eigenvalue weighted by atomic mass is 10.1. The molecule has 27 heavy (non-hydrogen) atoms. The van der Waals surface area contributed by atoms with Crippen molar-refractivity contribution in [3.8, 4) is 5.75 Å². The minimum Gasteiger partial charge on any atom is -0.492 e. The van der Waals surface area contributed by atoms with Gasteiger partial charge in [-0.25, -0.2) is 0 Å². The van der Waals surface area contributed by atoms with E-state index in [4.69, 9.17) is 4.74 Å². The lowest BCUT2D eigenvalue weighted by Crippen LogP contribution is -2.43. The number of para-hydroxylation sites is 1. The predicted molar refractivity (Wildman–Crippen MR) is 113 cm³/mol. The number of benzene rings is 2. The Morgan fingerprint density at radius 3 is 1.89 bits per heavy atom. The van der Waals surface area contributed by atoms with Crippen molar-refractivity contribution in [1.82, 2.24) is 4.90 Å². The summed E-state index contributed by atoms with van der Waals surface area (Å²) in [7, 11) is 0. The highest BCUT2D eigenvalue weighted by atomic mass is 16.5. The molecule has 0 amide bonds. The van der Waals surface area contributed by atoms with Crippen molar-refractivity contribution >= 4 is 11.4 Å². The van der Waals surface area contributed by atoms with Gasteiger partial charge in [0, 0.05) is 30.0 Å². The molecule has 2 aromatic rings. The Labute approximate surface area is 163 Å². The third-order valence-corrected chi connectivity index (χ3v) is 6.12. The van der Waals surface area contributed by atoms with Crippen molar-refractivity contribution in [3.05, 3.63) is 54.6 Å². The molecule has 0 unspecified atom stereocenters. The van der Waals surface area contributed by atoms with Crippen LogP contribution in [0.2, 0.25) is 0 Å². The maximum absolute atomic E-state index is 6.09. The average Bonchev–Trinajstić information content (AvgIpc) is 3.42. The Bertz CT molecular complexity index is 657. The van der Waals surface area contributed by atoms with E-state index in [0.29, 0.717) is 0 Å². The van der Waals surface area contributed by atoms with Crippen LogP contribution >= 0.6 is 0 Å². The summed E-state index contributed by atoms with van der Waals surface area (Å²) in [4.78, 5) is 2.78. The molecule has 144 valence electrons. The van der Waals surface area contributed by atoms with E-state index in [1.165, 1.54) is 51.4 Å². The zero-order valence-electron chi connectivity index (χ0n) is 16.3. The number of nitrogens with one attached hydrogen (secondary N) is 1. The summed E-state index contributed by atoms with van der Waals surface area (Å²) >= 11 is 0. The summed E-state index contributed by atoms with van der Waals surface area (Å²) in [6, 6.07) is 20.2. The lowest BCUT2D eigenvalue weighted by Gasteiger charge is -2.34. The molecule has 0 heterocycles. The molecule has 2 aliphatic rings. The molecule has 2 aliphatic carbocycles. The fourth-order valence-electron chi connectivity index (χ4n) is 4.73. The molecule has 2 saturated carbocycles. The van der Waals surface area contributed by atoms with Crippen LogP contribution in [-0.4, -0.2) is 30.1 Å². The summed E-state index contributed by atoms with van der Waals surface area (Å²) in [6.45, 7) is 1.86. The second kappa shape index (κ2) is 9.27. The van der Waals surface area contributed by atoms with Crippen molar-refractivity contribution in [2.75, 3.05) is 18.5 Å². The van der Waals surface area contributed by atoms with Gasteiger partial charge in [0.25, 0.3) is 0 Å². The Hall–Kier alpha value is -2.00. The third-order valence-electron chi connectivity index (χ3n) is 6.12. The highest BCUT2D eigenvalue weighted by molar-refractivity contribution is 5.59. The fourth-order valence-corrected chi connectivity index (χ4v) is 4.73. The Morgan fingerprint density at radius 1 is 0.741 bits per heavy atom. The van der Waals surface area contributed by atoms with E-state index in [-0.39, 0.29) is 0 Å². The van der Waals surface area contributed by atoms with Crippen LogP contribution in [0.3, 0.4) is 0 Å². The molecule has 3 heteroatoms. The van der Waals surface area contributed by atoms with Gasteiger partial charge in [0.15, 0.2) is 0 Å². The first-order chi connectivity index (χ1) is 13.4. The van der Waals surface area contributed by atoms with E-state index in [0.717, 1.165) is 42.4 Å². The van der Waals surface area contributed by atoms with Crippen LogP contribution in [0.5, 0.6) is 5.75 Å². The van der Waals surface area contributed by atoms with Crippen LogP contribution in [0.4, 0.5) is 11.4 Å². The van der Waals surface area contributed by atoms with Crippen LogP contribution in [0, 0.1) is 0 Å². The van der Waals surface area contributed by atoms with Crippen LogP contribution in [-0.2, 0) is 0 Å². The summed E-state index contributed by atoms with van der Waals surface area (Å²) in [6.07, 6.45) is 11.2. The van der Waals surface area contributed by atoms with E-state index in [1.807, 2.05) is 18.2 Å². The van der Waals surface area contributed by atoms with Gasteiger partial charge in [0.2, 0.25) is 0 Å². The third kappa shape index (κ3) is 5.04. The van der Waals surface area contributed by atoms with Crippen molar-refractivity contribution < 1.29 is 4.74 Å². The molecule has 4 rings (SSSR count). The molecule has 0 saturated heterocycles. The molecule has 1 N–H and O–H groups in total. The minimum atomic E-state index is 0.790. The normalized spacial score (nSPS) is 18.3. The number of hydrogen-bond acceptors (Lipinski definition) is 3. The number of ether oxygens (including phenoxy) is 1. The van der Waals surface area contributed by atoms with Crippen LogP contribution in [0.25, 0.3) is 0 Å². The van der Waals surface area contributed by atoms with Gasteiger partial charge in [0.1, 0.15) is 12.4 Å². The largest absolute Gasteiger partial charge is 0.492 e. The van der Waals surface area contributed by atoms with Gasteiger partial charge in [-0.05, 0) is 62.1 Å². The van der Waals surface area contributed by atoms with Gasteiger partial charge in [-0.15, -0.1) is 0 Å². The van der Waals surface area contributed by atoms with E-state index >= 15 is 0 Å². The van der Waals surface area contributed by atoms with E-state index in [1.54, 1.807) is 0 Å². The van der Waals surface area contributed by atoms with E-state index < -0.39 is 0 Å². The zero-order valence-corrected chi connectivity index (χ0v) is 16.3. The van der Waals surface area contributed by atoms with E-state index in [2.05, 4.69) is 46.6 Å². The van der Waals surface area contributed by atoms with Gasteiger partial charge in [0.05, 0.1) is 0 Å². The number of nitrogens with zero attached hydrogens (tertiary/aromatic N) is 1. The quantitative estimate of drug-likeness (QED) is 0.622. The van der Waals surface area contributed by atoms with Crippen LogP contribution in [0.15, 0.2) is 54.6 Å². The molecule has 0 aliphatic heterocycles.